The summed E-state index contributed by atoms with van der Waals surface area (Å²) in [6, 6.07) is 11.1. The van der Waals surface area contributed by atoms with E-state index >= 15 is 0 Å². The van der Waals surface area contributed by atoms with Crippen LogP contribution in [0.15, 0.2) is 61.1 Å². The maximum absolute atomic E-state index is 13.1. The molecular weight excluding hydrogens is 540 g/mol. The van der Waals surface area contributed by atoms with Gasteiger partial charge in [0.25, 0.3) is 5.91 Å². The number of aromatic nitrogens is 2. The third-order valence-corrected chi connectivity index (χ3v) is 6.17. The van der Waals surface area contributed by atoms with Crippen molar-refractivity contribution in [2.24, 2.45) is 0 Å². The fourth-order valence-electron chi connectivity index (χ4n) is 3.95. The van der Waals surface area contributed by atoms with Gasteiger partial charge in [0, 0.05) is 23.3 Å². The summed E-state index contributed by atoms with van der Waals surface area (Å²) in [7, 11) is 0. The molecule has 13 heteroatoms. The van der Waals surface area contributed by atoms with Crippen LogP contribution < -0.4 is 30.7 Å². The van der Waals surface area contributed by atoms with E-state index < -0.39 is 42.1 Å². The van der Waals surface area contributed by atoms with E-state index in [2.05, 4.69) is 31.2 Å². The quantitative estimate of drug-likeness (QED) is 0.265. The number of carbonyl (C=O) groups excluding carboxylic acids is 4. The molecule has 3 aromatic rings. The molecule has 4 rings (SSSR count). The molecule has 5 N–H and O–H groups in total. The highest BCUT2D eigenvalue weighted by molar-refractivity contribution is 6.30. The number of halogens is 1. The summed E-state index contributed by atoms with van der Waals surface area (Å²) in [4.78, 5) is 59.0. The molecular formula is C27H29ClN6O6. The molecule has 1 aliphatic rings. The summed E-state index contributed by atoms with van der Waals surface area (Å²) >= 11 is 5.88. The Balaban J connectivity index is 1.47. The fourth-order valence-corrected chi connectivity index (χ4v) is 4.07. The normalized spacial score (nSPS) is 18.2. The van der Waals surface area contributed by atoms with Crippen LogP contribution in [-0.4, -0.2) is 72.0 Å². The van der Waals surface area contributed by atoms with Crippen LogP contribution in [0, 0.1) is 0 Å². The SMILES string of the molecule is O=C1C[C@@H](C(=O)NCCOc2ccc(Cl)cc2)NC(=O)c2ccccc2OCCNC(=O)[C@H](Cc2cnc[nH]2)N1. The van der Waals surface area contributed by atoms with Crippen LogP contribution in [0.5, 0.6) is 11.5 Å². The molecule has 0 unspecified atom stereocenters. The van der Waals surface area contributed by atoms with Crippen molar-refractivity contribution in [1.29, 1.82) is 0 Å². The van der Waals surface area contributed by atoms with Gasteiger partial charge in [0.2, 0.25) is 17.7 Å². The largest absolute Gasteiger partial charge is 0.492 e. The average molecular weight is 569 g/mol. The molecule has 4 amide bonds. The fraction of sp³-hybridized carbons (Fsp3) is 0.296. The highest BCUT2D eigenvalue weighted by Crippen LogP contribution is 2.18. The maximum atomic E-state index is 13.1. The van der Waals surface area contributed by atoms with Crippen molar-refractivity contribution < 1.29 is 28.7 Å². The number of H-pyrrole nitrogens is 1. The van der Waals surface area contributed by atoms with Gasteiger partial charge in [-0.15, -0.1) is 0 Å². The predicted octanol–water partition coefficient (Wildman–Crippen LogP) is 0.983. The van der Waals surface area contributed by atoms with Crippen LogP contribution in [0.2, 0.25) is 5.02 Å². The Kier molecular flexibility index (Phi) is 9.94. The zero-order valence-corrected chi connectivity index (χ0v) is 22.2. The van der Waals surface area contributed by atoms with Gasteiger partial charge in [-0.1, -0.05) is 23.7 Å². The number of imidazole rings is 1. The maximum Gasteiger partial charge on any atom is 0.255 e. The van der Waals surface area contributed by atoms with Gasteiger partial charge in [0.1, 0.15) is 36.8 Å². The summed E-state index contributed by atoms with van der Waals surface area (Å²) < 4.78 is 11.3. The van der Waals surface area contributed by atoms with Crippen LogP contribution in [0.4, 0.5) is 0 Å². The minimum absolute atomic E-state index is 0.0816. The summed E-state index contributed by atoms with van der Waals surface area (Å²) in [5, 5.41) is 11.3. The summed E-state index contributed by atoms with van der Waals surface area (Å²) in [6.07, 6.45) is 2.75. The Bertz CT molecular complexity index is 1320. The second-order valence-corrected chi connectivity index (χ2v) is 9.30. The lowest BCUT2D eigenvalue weighted by atomic mass is 10.1. The van der Waals surface area contributed by atoms with E-state index in [0.717, 1.165) is 0 Å². The summed E-state index contributed by atoms with van der Waals surface area (Å²) in [5.74, 6) is -1.36. The number of amides is 4. The van der Waals surface area contributed by atoms with Crippen LogP contribution in [0.25, 0.3) is 0 Å². The molecule has 40 heavy (non-hydrogen) atoms. The van der Waals surface area contributed by atoms with E-state index in [9.17, 15) is 19.2 Å². The molecule has 2 heterocycles. The number of ether oxygens (including phenoxy) is 2. The first kappa shape index (κ1) is 28.4. The molecule has 1 aliphatic heterocycles. The topological polar surface area (TPSA) is 164 Å². The molecule has 1 aromatic heterocycles. The first-order valence-electron chi connectivity index (χ1n) is 12.6. The van der Waals surface area contributed by atoms with Crippen LogP contribution >= 0.6 is 11.6 Å². The predicted molar refractivity (Wildman–Crippen MR) is 145 cm³/mol. The lowest BCUT2D eigenvalue weighted by Gasteiger charge is -2.23. The highest BCUT2D eigenvalue weighted by Gasteiger charge is 2.29. The number of rotatable bonds is 7. The number of hydrogen-bond donors (Lipinski definition) is 5. The zero-order valence-electron chi connectivity index (χ0n) is 21.4. The minimum Gasteiger partial charge on any atom is -0.492 e. The van der Waals surface area contributed by atoms with Gasteiger partial charge in [-0.05, 0) is 36.4 Å². The summed E-state index contributed by atoms with van der Waals surface area (Å²) in [6.45, 7) is 0.481. The average Bonchev–Trinajstić information content (AvgIpc) is 3.46. The van der Waals surface area contributed by atoms with Crippen molar-refractivity contribution in [2.45, 2.75) is 24.9 Å². The number of carbonyl (C=O) groups is 4. The van der Waals surface area contributed by atoms with Crippen molar-refractivity contribution in [3.8, 4) is 11.5 Å². The number of nitrogens with one attached hydrogen (secondary N) is 5. The third-order valence-electron chi connectivity index (χ3n) is 5.92. The van der Waals surface area contributed by atoms with Gasteiger partial charge >= 0.3 is 0 Å². The van der Waals surface area contributed by atoms with E-state index in [4.69, 9.17) is 21.1 Å². The van der Waals surface area contributed by atoms with E-state index in [-0.39, 0.29) is 44.0 Å². The van der Waals surface area contributed by atoms with Gasteiger partial charge in [-0.3, -0.25) is 19.2 Å². The molecule has 0 saturated carbocycles. The standard InChI is InChI=1S/C27H29ClN6O6/c28-17-5-7-19(8-6-17)39-11-9-30-27(38)22-14-24(35)33-21(13-18-15-29-16-32-18)26(37)31-10-12-40-23-4-2-1-3-20(23)25(36)34-22/h1-8,15-16,21-22H,9-14H2,(H,29,32)(H,30,38)(H,31,37)(H,33,35)(H,34,36)/t21-,22-/m0/s1. The number of nitrogens with zero attached hydrogens (tertiary/aromatic N) is 1. The lowest BCUT2D eigenvalue weighted by molar-refractivity contribution is -0.131. The molecule has 0 bridgehead atoms. The van der Waals surface area contributed by atoms with Crippen molar-refractivity contribution in [1.82, 2.24) is 31.2 Å². The molecule has 2 atom stereocenters. The minimum atomic E-state index is -1.24. The van der Waals surface area contributed by atoms with Gasteiger partial charge in [0.05, 0.1) is 31.4 Å². The molecule has 2 aromatic carbocycles. The first-order valence-corrected chi connectivity index (χ1v) is 13.0. The van der Waals surface area contributed by atoms with E-state index in [1.54, 1.807) is 54.7 Å². The second-order valence-electron chi connectivity index (χ2n) is 8.86. The Labute approximate surface area is 235 Å². The number of benzene rings is 2. The number of hydrogen-bond acceptors (Lipinski definition) is 7. The zero-order chi connectivity index (χ0) is 28.3. The first-order chi connectivity index (χ1) is 19.4. The Morgan fingerprint density at radius 1 is 1.10 bits per heavy atom. The van der Waals surface area contributed by atoms with Gasteiger partial charge < -0.3 is 35.7 Å². The molecule has 0 radical (unpaired) electrons. The van der Waals surface area contributed by atoms with E-state index in [0.29, 0.717) is 16.5 Å². The number of fused-ring (bicyclic) bond motifs is 1. The molecule has 0 fully saturated rings. The summed E-state index contributed by atoms with van der Waals surface area (Å²) in [5.41, 5.74) is 0.822. The second kappa shape index (κ2) is 14.0. The Morgan fingerprint density at radius 3 is 2.67 bits per heavy atom. The Hall–Kier alpha value is -4.58. The van der Waals surface area contributed by atoms with E-state index in [1.807, 2.05) is 0 Å². The molecule has 0 saturated heterocycles. The highest BCUT2D eigenvalue weighted by atomic mass is 35.5. The van der Waals surface area contributed by atoms with Crippen molar-refractivity contribution in [3.05, 3.63) is 77.3 Å². The monoisotopic (exact) mass is 568 g/mol. The lowest BCUT2D eigenvalue weighted by Crippen LogP contribution is -2.53. The number of aromatic amines is 1. The van der Waals surface area contributed by atoms with Crippen molar-refractivity contribution in [3.63, 3.8) is 0 Å². The number of para-hydroxylation sites is 1. The van der Waals surface area contributed by atoms with Gasteiger partial charge in [-0.25, -0.2) is 4.98 Å². The molecule has 210 valence electrons. The van der Waals surface area contributed by atoms with Crippen LogP contribution in [0.3, 0.4) is 0 Å². The molecule has 0 spiro atoms. The van der Waals surface area contributed by atoms with Crippen molar-refractivity contribution >= 4 is 35.2 Å². The third kappa shape index (κ3) is 8.21. The van der Waals surface area contributed by atoms with E-state index in [1.165, 1.54) is 6.33 Å². The van der Waals surface area contributed by atoms with Gasteiger partial charge in [-0.2, -0.15) is 0 Å². The van der Waals surface area contributed by atoms with Gasteiger partial charge in [0.15, 0.2) is 0 Å². The smallest absolute Gasteiger partial charge is 0.255 e. The van der Waals surface area contributed by atoms with Crippen LogP contribution in [0.1, 0.15) is 22.5 Å². The Morgan fingerprint density at radius 2 is 1.90 bits per heavy atom. The molecule has 12 nitrogen and oxygen atoms in total. The molecule has 0 aliphatic carbocycles. The van der Waals surface area contributed by atoms with Crippen molar-refractivity contribution in [2.75, 3.05) is 26.3 Å². The van der Waals surface area contributed by atoms with Crippen LogP contribution in [-0.2, 0) is 20.8 Å².